The minimum Gasteiger partial charge on any atom is -0.493 e. The number of carbonyl (C=O) groups is 1. The fourth-order valence-electron chi connectivity index (χ4n) is 2.98. The van der Waals surface area contributed by atoms with Crippen LogP contribution in [0, 0.1) is 0 Å². The third-order valence-corrected chi connectivity index (χ3v) is 4.63. The maximum absolute atomic E-state index is 12.1. The van der Waals surface area contributed by atoms with Gasteiger partial charge in [0.2, 0.25) is 0 Å². The van der Waals surface area contributed by atoms with Crippen LogP contribution in [0.15, 0.2) is 70.3 Å². The minimum absolute atomic E-state index is 0. The van der Waals surface area contributed by atoms with Gasteiger partial charge in [0, 0.05) is 18.8 Å². The first-order valence-corrected chi connectivity index (χ1v) is 10.3. The Balaban J connectivity index is 0.00000385. The molecule has 33 heavy (non-hydrogen) atoms. The molecule has 8 nitrogen and oxygen atoms in total. The fraction of sp³-hybridized carbons (Fsp3) is 0.250. The summed E-state index contributed by atoms with van der Waals surface area (Å²) in [6.45, 7) is 3.84. The third-order valence-electron chi connectivity index (χ3n) is 4.63. The van der Waals surface area contributed by atoms with Gasteiger partial charge < -0.3 is 29.8 Å². The minimum atomic E-state index is -0.280. The second-order valence-electron chi connectivity index (χ2n) is 6.87. The highest BCUT2D eigenvalue weighted by atomic mass is 127. The molecule has 0 aliphatic heterocycles. The number of amides is 1. The van der Waals surface area contributed by atoms with Crippen molar-refractivity contribution in [2.24, 2.45) is 4.99 Å². The van der Waals surface area contributed by atoms with E-state index >= 15 is 0 Å². The van der Waals surface area contributed by atoms with E-state index in [0.717, 1.165) is 17.7 Å². The summed E-state index contributed by atoms with van der Waals surface area (Å²) >= 11 is 0. The Morgan fingerprint density at radius 1 is 0.970 bits per heavy atom. The molecule has 1 heterocycles. The van der Waals surface area contributed by atoms with E-state index < -0.39 is 0 Å². The number of anilines is 1. The van der Waals surface area contributed by atoms with Crippen LogP contribution in [0.2, 0.25) is 0 Å². The van der Waals surface area contributed by atoms with Crippen molar-refractivity contribution in [3.63, 3.8) is 0 Å². The van der Waals surface area contributed by atoms with E-state index in [9.17, 15) is 4.79 Å². The molecule has 0 radical (unpaired) electrons. The Morgan fingerprint density at radius 3 is 2.33 bits per heavy atom. The molecule has 3 aromatic rings. The van der Waals surface area contributed by atoms with Crippen molar-refractivity contribution < 1.29 is 18.7 Å². The number of methoxy groups -OCH3 is 2. The number of nitrogens with zero attached hydrogens (tertiary/aromatic N) is 1. The van der Waals surface area contributed by atoms with E-state index in [1.165, 1.54) is 6.26 Å². The number of hydrogen-bond donors (Lipinski definition) is 3. The number of aliphatic imine (C=N–C) groups is 1. The zero-order valence-electron chi connectivity index (χ0n) is 18.9. The molecule has 0 aliphatic rings. The number of nitrogens with one attached hydrogen (secondary N) is 3. The van der Waals surface area contributed by atoms with Gasteiger partial charge >= 0.3 is 0 Å². The van der Waals surface area contributed by atoms with Gasteiger partial charge in [-0.05, 0) is 54.4 Å². The molecule has 1 aromatic heterocycles. The normalized spacial score (nSPS) is 10.7. The van der Waals surface area contributed by atoms with Crippen molar-refractivity contribution in [1.82, 2.24) is 10.6 Å². The van der Waals surface area contributed by atoms with E-state index in [1.807, 2.05) is 49.4 Å². The number of halogens is 1. The first kappa shape index (κ1) is 26.0. The first-order chi connectivity index (χ1) is 15.6. The molecule has 0 saturated carbocycles. The largest absolute Gasteiger partial charge is 0.493 e. The fourth-order valence-corrected chi connectivity index (χ4v) is 2.98. The van der Waals surface area contributed by atoms with Gasteiger partial charge in [-0.1, -0.05) is 18.2 Å². The maximum atomic E-state index is 12.1. The summed E-state index contributed by atoms with van der Waals surface area (Å²) in [4.78, 5) is 16.7. The first-order valence-electron chi connectivity index (χ1n) is 10.3. The van der Waals surface area contributed by atoms with E-state index in [4.69, 9.17) is 13.9 Å². The Morgan fingerprint density at radius 2 is 1.70 bits per heavy atom. The Hall–Kier alpha value is -3.21. The van der Waals surface area contributed by atoms with Gasteiger partial charge in [0.1, 0.15) is 0 Å². The van der Waals surface area contributed by atoms with Gasteiger partial charge in [-0.3, -0.25) is 4.79 Å². The van der Waals surface area contributed by atoms with E-state index in [2.05, 4.69) is 20.9 Å². The van der Waals surface area contributed by atoms with Crippen LogP contribution in [0.3, 0.4) is 0 Å². The second-order valence-corrected chi connectivity index (χ2v) is 6.87. The molecule has 0 aliphatic carbocycles. The molecule has 3 rings (SSSR count). The van der Waals surface area contributed by atoms with Crippen LogP contribution in [0.4, 0.5) is 5.69 Å². The number of hydrogen-bond acceptors (Lipinski definition) is 5. The number of guanidine groups is 1. The highest BCUT2D eigenvalue weighted by molar-refractivity contribution is 14.0. The number of furan rings is 1. The van der Waals surface area contributed by atoms with Gasteiger partial charge in [-0.25, -0.2) is 4.99 Å². The summed E-state index contributed by atoms with van der Waals surface area (Å²) in [5.74, 6) is 2.07. The third kappa shape index (κ3) is 7.70. The highest BCUT2D eigenvalue weighted by Gasteiger charge is 2.09. The van der Waals surface area contributed by atoms with E-state index in [1.54, 1.807) is 26.4 Å². The molecule has 9 heteroatoms. The van der Waals surface area contributed by atoms with Crippen LogP contribution in [0.5, 0.6) is 11.5 Å². The SMILES string of the molecule is CCNC(=NCc1ccc(OC)c(OC)c1)NCc1ccc(NC(=O)c2ccco2)cc1.I. The lowest BCUT2D eigenvalue weighted by Crippen LogP contribution is -2.36. The summed E-state index contributed by atoms with van der Waals surface area (Å²) in [5, 5.41) is 9.37. The number of benzene rings is 2. The predicted octanol–water partition coefficient (Wildman–Crippen LogP) is 4.42. The van der Waals surface area contributed by atoms with Crippen LogP contribution in [-0.4, -0.2) is 32.6 Å². The Kier molecular flexibility index (Phi) is 10.5. The molecule has 0 unspecified atom stereocenters. The molecule has 0 saturated heterocycles. The number of carbonyl (C=O) groups excluding carboxylic acids is 1. The molecule has 0 atom stereocenters. The van der Waals surface area contributed by atoms with Crippen molar-refractivity contribution in [2.45, 2.75) is 20.0 Å². The van der Waals surface area contributed by atoms with Crippen molar-refractivity contribution >= 4 is 41.5 Å². The van der Waals surface area contributed by atoms with Crippen LogP contribution in [0.25, 0.3) is 0 Å². The van der Waals surface area contributed by atoms with Gasteiger partial charge in [0.25, 0.3) is 5.91 Å². The average Bonchev–Trinajstić information content (AvgIpc) is 3.37. The monoisotopic (exact) mass is 564 g/mol. The van der Waals surface area contributed by atoms with E-state index in [-0.39, 0.29) is 35.6 Å². The van der Waals surface area contributed by atoms with Crippen molar-refractivity contribution in [3.8, 4) is 11.5 Å². The lowest BCUT2D eigenvalue weighted by Gasteiger charge is -2.13. The number of rotatable bonds is 9. The topological polar surface area (TPSA) is 97.1 Å². The summed E-state index contributed by atoms with van der Waals surface area (Å²) in [6, 6.07) is 16.7. The van der Waals surface area contributed by atoms with Crippen LogP contribution in [0.1, 0.15) is 28.6 Å². The van der Waals surface area contributed by atoms with Gasteiger partial charge in [0.15, 0.2) is 23.2 Å². The smallest absolute Gasteiger partial charge is 0.291 e. The molecular weight excluding hydrogens is 535 g/mol. The standard InChI is InChI=1S/C24H28N4O4.HI/c1-4-25-24(27-16-18-9-12-20(30-2)22(14-18)31-3)26-15-17-7-10-19(11-8-17)28-23(29)21-6-5-13-32-21;/h5-14H,4,15-16H2,1-3H3,(H,28,29)(H2,25,26,27);1H. The Bertz CT molecular complexity index is 1040. The highest BCUT2D eigenvalue weighted by Crippen LogP contribution is 2.27. The molecule has 176 valence electrons. The molecule has 0 fully saturated rings. The Labute approximate surface area is 210 Å². The lowest BCUT2D eigenvalue weighted by molar-refractivity contribution is 0.0996. The molecule has 2 aromatic carbocycles. The summed E-state index contributed by atoms with van der Waals surface area (Å²) in [7, 11) is 3.23. The summed E-state index contributed by atoms with van der Waals surface area (Å²) in [6.07, 6.45) is 1.47. The van der Waals surface area contributed by atoms with Crippen LogP contribution in [-0.2, 0) is 13.1 Å². The second kappa shape index (κ2) is 13.4. The summed E-state index contributed by atoms with van der Waals surface area (Å²) < 4.78 is 15.7. The van der Waals surface area contributed by atoms with Crippen molar-refractivity contribution in [2.75, 3.05) is 26.1 Å². The predicted molar refractivity (Wildman–Crippen MR) is 140 cm³/mol. The molecular formula is C24H29IN4O4. The molecule has 0 spiro atoms. The van der Waals surface area contributed by atoms with Crippen LogP contribution < -0.4 is 25.4 Å². The van der Waals surface area contributed by atoms with Gasteiger partial charge in [-0.2, -0.15) is 0 Å². The molecule has 0 bridgehead atoms. The van der Waals surface area contributed by atoms with Gasteiger partial charge in [-0.15, -0.1) is 24.0 Å². The van der Waals surface area contributed by atoms with Gasteiger partial charge in [0.05, 0.1) is 27.0 Å². The summed E-state index contributed by atoms with van der Waals surface area (Å²) in [5.41, 5.74) is 2.76. The maximum Gasteiger partial charge on any atom is 0.291 e. The number of ether oxygens (including phenoxy) is 2. The zero-order chi connectivity index (χ0) is 22.8. The van der Waals surface area contributed by atoms with Crippen LogP contribution >= 0.6 is 24.0 Å². The quantitative estimate of drug-likeness (QED) is 0.202. The molecule has 3 N–H and O–H groups in total. The zero-order valence-corrected chi connectivity index (χ0v) is 21.2. The molecule has 1 amide bonds. The van der Waals surface area contributed by atoms with Crippen molar-refractivity contribution in [1.29, 1.82) is 0 Å². The van der Waals surface area contributed by atoms with E-state index in [0.29, 0.717) is 36.2 Å². The lowest BCUT2D eigenvalue weighted by atomic mass is 10.2. The average molecular weight is 564 g/mol. The van der Waals surface area contributed by atoms with Crippen molar-refractivity contribution in [3.05, 3.63) is 77.7 Å².